The lowest BCUT2D eigenvalue weighted by Crippen LogP contribution is -2.67. The molecular formula is C23H18Cl4N4O7. The lowest BCUT2D eigenvalue weighted by molar-refractivity contribution is -0.348. The Morgan fingerprint density at radius 3 is 2.26 bits per heavy atom. The molecule has 0 aliphatic carbocycles. The summed E-state index contributed by atoms with van der Waals surface area (Å²) in [7, 11) is 0. The van der Waals surface area contributed by atoms with E-state index in [4.69, 9.17) is 70.9 Å². The zero-order chi connectivity index (χ0) is 27.1. The number of imide groups is 1. The van der Waals surface area contributed by atoms with Crippen LogP contribution in [0.5, 0.6) is 0 Å². The molecule has 1 N–H and O–H groups in total. The van der Waals surface area contributed by atoms with Crippen LogP contribution in [-0.4, -0.2) is 72.2 Å². The Kier molecular flexibility index (Phi) is 8.04. The van der Waals surface area contributed by atoms with Crippen molar-refractivity contribution in [2.75, 3.05) is 19.8 Å². The van der Waals surface area contributed by atoms with Gasteiger partial charge in [-0.15, -0.1) is 0 Å². The van der Waals surface area contributed by atoms with Crippen LogP contribution in [0.25, 0.3) is 10.4 Å². The third-order valence-corrected chi connectivity index (χ3v) is 8.17. The molecule has 11 nitrogen and oxygen atoms in total. The van der Waals surface area contributed by atoms with Crippen LogP contribution in [-0.2, 0) is 18.9 Å². The second-order valence-electron chi connectivity index (χ2n) is 8.51. The van der Waals surface area contributed by atoms with Crippen LogP contribution in [0.1, 0.15) is 32.6 Å². The first kappa shape index (κ1) is 27.4. The van der Waals surface area contributed by atoms with Crippen LogP contribution < -0.4 is 0 Å². The van der Waals surface area contributed by atoms with Crippen molar-refractivity contribution in [1.29, 1.82) is 0 Å². The van der Waals surface area contributed by atoms with Crippen molar-refractivity contribution in [1.82, 2.24) is 4.90 Å². The Balaban J connectivity index is 1.50. The summed E-state index contributed by atoms with van der Waals surface area (Å²) in [5.74, 6) is -1.76. The summed E-state index contributed by atoms with van der Waals surface area (Å²) >= 11 is 24.8. The summed E-state index contributed by atoms with van der Waals surface area (Å²) in [4.78, 5) is 30.5. The molecule has 0 saturated carbocycles. The Morgan fingerprint density at radius 2 is 1.66 bits per heavy atom. The first-order valence-corrected chi connectivity index (χ1v) is 12.8. The maximum absolute atomic E-state index is 13.6. The van der Waals surface area contributed by atoms with Gasteiger partial charge in [0.25, 0.3) is 11.8 Å². The molecule has 0 unspecified atom stereocenters. The molecular weight excluding hydrogens is 586 g/mol. The number of nitrogens with zero attached hydrogens (tertiary/aromatic N) is 4. The molecule has 2 aromatic carbocycles. The van der Waals surface area contributed by atoms with Gasteiger partial charge < -0.3 is 24.1 Å². The number of hydrogen-bond donors (Lipinski definition) is 1. The number of halogens is 4. The van der Waals surface area contributed by atoms with Gasteiger partial charge in [0.15, 0.2) is 12.6 Å². The first-order chi connectivity index (χ1) is 18.3. The van der Waals surface area contributed by atoms with Crippen LogP contribution in [0.4, 0.5) is 0 Å². The topological polar surface area (TPSA) is 143 Å². The number of azide groups is 1. The van der Waals surface area contributed by atoms with Gasteiger partial charge in [-0.2, -0.15) is 0 Å². The van der Waals surface area contributed by atoms with E-state index in [1.165, 1.54) is 0 Å². The standard InChI is InChI=1S/C23H18Cl4N4O7/c24-13-11-12(14(25)16(27)15(13)26)21(34)31(20(11)33)17-18(32)19-10(37-23(17)35-7-6-29-30-28)8-36-22(38-19)9-4-2-1-3-5-9/h1-5,10,17-19,22-23,32H,6-8H2/t10-,17-,18-,19-,22-,23-/m1/s1. The average molecular weight is 604 g/mol. The molecule has 0 bridgehead atoms. The number of ether oxygens (including phenoxy) is 4. The third-order valence-electron chi connectivity index (χ3n) is 6.37. The number of aliphatic hydroxyl groups excluding tert-OH is 1. The number of rotatable bonds is 6. The van der Waals surface area contributed by atoms with E-state index in [1.807, 2.05) is 6.07 Å². The molecule has 200 valence electrons. The summed E-state index contributed by atoms with van der Waals surface area (Å²) in [5.41, 5.74) is 8.75. The van der Waals surface area contributed by atoms with Gasteiger partial charge in [0.2, 0.25) is 0 Å². The highest BCUT2D eigenvalue weighted by molar-refractivity contribution is 6.55. The van der Waals surface area contributed by atoms with Gasteiger partial charge in [-0.05, 0) is 5.53 Å². The second kappa shape index (κ2) is 11.1. The Labute approximate surface area is 235 Å². The highest BCUT2D eigenvalue weighted by Crippen LogP contribution is 2.46. The van der Waals surface area contributed by atoms with Crippen molar-refractivity contribution in [3.05, 3.63) is 77.6 Å². The van der Waals surface area contributed by atoms with E-state index in [0.717, 1.165) is 4.90 Å². The van der Waals surface area contributed by atoms with E-state index in [1.54, 1.807) is 24.3 Å². The predicted octanol–water partition coefficient (Wildman–Crippen LogP) is 4.79. The van der Waals surface area contributed by atoms with E-state index in [2.05, 4.69) is 10.0 Å². The molecule has 2 saturated heterocycles. The normalized spacial score (nSPS) is 28.6. The summed E-state index contributed by atoms with van der Waals surface area (Å²) < 4.78 is 23.6. The molecule has 38 heavy (non-hydrogen) atoms. The minimum absolute atomic E-state index is 0.0230. The zero-order valence-corrected chi connectivity index (χ0v) is 22.2. The van der Waals surface area contributed by atoms with Gasteiger partial charge >= 0.3 is 0 Å². The van der Waals surface area contributed by atoms with Crippen LogP contribution >= 0.6 is 46.4 Å². The first-order valence-electron chi connectivity index (χ1n) is 11.3. The fourth-order valence-electron chi connectivity index (χ4n) is 4.66. The third kappa shape index (κ3) is 4.63. The highest BCUT2D eigenvalue weighted by Gasteiger charge is 2.57. The van der Waals surface area contributed by atoms with Gasteiger partial charge in [-0.25, -0.2) is 0 Å². The molecule has 15 heteroatoms. The minimum Gasteiger partial charge on any atom is -0.388 e. The number of aliphatic hydroxyl groups is 1. The summed E-state index contributed by atoms with van der Waals surface area (Å²) in [6, 6.07) is 7.62. The monoisotopic (exact) mass is 602 g/mol. The molecule has 3 aliphatic rings. The quantitative estimate of drug-likeness (QED) is 0.0950. The van der Waals surface area contributed by atoms with Gasteiger partial charge in [-0.3, -0.25) is 14.5 Å². The zero-order valence-electron chi connectivity index (χ0n) is 19.2. The smallest absolute Gasteiger partial charge is 0.263 e. The molecule has 6 atom stereocenters. The van der Waals surface area contributed by atoms with E-state index in [9.17, 15) is 14.7 Å². The molecule has 0 spiro atoms. The Morgan fingerprint density at radius 1 is 1.03 bits per heavy atom. The fourth-order valence-corrected chi connectivity index (χ4v) is 5.68. The van der Waals surface area contributed by atoms with E-state index >= 15 is 0 Å². The van der Waals surface area contributed by atoms with Crippen molar-refractivity contribution in [3.8, 4) is 0 Å². The molecule has 2 fully saturated rings. The van der Waals surface area contributed by atoms with Crippen molar-refractivity contribution >= 4 is 58.2 Å². The highest BCUT2D eigenvalue weighted by atomic mass is 35.5. The maximum Gasteiger partial charge on any atom is 0.263 e. The number of carbonyl (C=O) groups excluding carboxylic acids is 2. The molecule has 2 aromatic rings. The molecule has 3 heterocycles. The lowest BCUT2D eigenvalue weighted by Gasteiger charge is -2.49. The minimum atomic E-state index is -1.49. The number of amides is 2. The SMILES string of the molecule is [N-]=[N+]=NCCO[C@@H]1O[C@@H]2CO[C@@H](c3ccccc3)O[C@H]2[C@H](O)[C@H]1N1C(=O)c2c(Cl)c(Cl)c(Cl)c(Cl)c2C1=O. The Bertz CT molecular complexity index is 1280. The summed E-state index contributed by atoms with van der Waals surface area (Å²) in [5, 5.41) is 14.0. The fraction of sp³-hybridized carbons (Fsp3) is 0.391. The molecule has 2 amide bonds. The van der Waals surface area contributed by atoms with E-state index in [-0.39, 0.29) is 51.0 Å². The summed E-state index contributed by atoms with van der Waals surface area (Å²) in [6.07, 6.45) is -5.48. The average Bonchev–Trinajstić information content (AvgIpc) is 3.19. The van der Waals surface area contributed by atoms with E-state index in [0.29, 0.717) is 5.56 Å². The maximum atomic E-state index is 13.6. The van der Waals surface area contributed by atoms with Gasteiger partial charge in [0, 0.05) is 17.0 Å². The number of benzene rings is 2. The lowest BCUT2D eigenvalue weighted by atomic mass is 9.94. The number of carbonyl (C=O) groups is 2. The largest absolute Gasteiger partial charge is 0.388 e. The van der Waals surface area contributed by atoms with Crippen molar-refractivity contribution < 1.29 is 33.6 Å². The van der Waals surface area contributed by atoms with Gasteiger partial charge in [-0.1, -0.05) is 81.8 Å². The van der Waals surface area contributed by atoms with Crippen molar-refractivity contribution in [2.45, 2.75) is 36.9 Å². The van der Waals surface area contributed by atoms with Crippen LogP contribution in [0, 0.1) is 0 Å². The van der Waals surface area contributed by atoms with Gasteiger partial charge in [0.05, 0.1) is 44.4 Å². The molecule has 0 radical (unpaired) electrons. The van der Waals surface area contributed by atoms with Crippen LogP contribution in [0.15, 0.2) is 35.4 Å². The molecule has 3 aliphatic heterocycles. The van der Waals surface area contributed by atoms with Gasteiger partial charge in [0.1, 0.15) is 24.4 Å². The van der Waals surface area contributed by atoms with Crippen LogP contribution in [0.2, 0.25) is 20.1 Å². The summed E-state index contributed by atoms with van der Waals surface area (Å²) in [6.45, 7) is -0.178. The predicted molar refractivity (Wildman–Crippen MR) is 135 cm³/mol. The van der Waals surface area contributed by atoms with E-state index < -0.39 is 48.7 Å². The molecule has 0 aromatic heterocycles. The number of fused-ring (bicyclic) bond motifs is 2. The van der Waals surface area contributed by atoms with Crippen molar-refractivity contribution in [2.24, 2.45) is 5.11 Å². The van der Waals surface area contributed by atoms with Crippen molar-refractivity contribution in [3.63, 3.8) is 0 Å². The number of hydrogen-bond acceptors (Lipinski definition) is 8. The molecule has 5 rings (SSSR count). The Hall–Kier alpha value is -2.15. The second-order valence-corrected chi connectivity index (χ2v) is 10.0. The van der Waals surface area contributed by atoms with Crippen LogP contribution in [0.3, 0.4) is 0 Å².